The Balaban J connectivity index is 0.00000240. The number of likely N-dealkylation sites (N-methyl/N-ethyl adjacent to an activating group) is 1. The lowest BCUT2D eigenvalue weighted by atomic mass is 10.0. The van der Waals surface area contributed by atoms with E-state index in [-0.39, 0.29) is 36.7 Å². The number of amides is 3. The molecule has 6 nitrogen and oxygen atoms in total. The van der Waals surface area contributed by atoms with Crippen molar-refractivity contribution >= 4 is 30.1 Å². The van der Waals surface area contributed by atoms with Crippen molar-refractivity contribution in [3.8, 4) is 0 Å². The Morgan fingerprint density at radius 2 is 1.76 bits per heavy atom. The van der Waals surface area contributed by atoms with E-state index in [1.165, 1.54) is 4.90 Å². The van der Waals surface area contributed by atoms with Gasteiger partial charge < -0.3 is 10.2 Å². The average molecular weight is 414 g/mol. The molecule has 29 heavy (non-hydrogen) atoms. The first kappa shape index (κ1) is 21.0. The summed E-state index contributed by atoms with van der Waals surface area (Å²) in [5.41, 5.74) is 2.23. The van der Waals surface area contributed by atoms with Crippen LogP contribution in [0.25, 0.3) is 0 Å². The van der Waals surface area contributed by atoms with E-state index in [1.807, 2.05) is 18.0 Å². The van der Waals surface area contributed by atoms with Crippen molar-refractivity contribution in [1.29, 1.82) is 0 Å². The molecule has 4 rings (SSSR count). The Kier molecular flexibility index (Phi) is 6.35. The summed E-state index contributed by atoms with van der Waals surface area (Å²) in [6.45, 7) is 1.60. The molecule has 0 saturated carbocycles. The smallest absolute Gasteiger partial charge is 0.261 e. The van der Waals surface area contributed by atoms with Crippen LogP contribution in [0.1, 0.15) is 49.5 Å². The second kappa shape index (κ2) is 8.76. The van der Waals surface area contributed by atoms with E-state index in [2.05, 4.69) is 5.32 Å². The maximum Gasteiger partial charge on any atom is 0.261 e. The summed E-state index contributed by atoms with van der Waals surface area (Å²) >= 11 is 0. The Labute approximate surface area is 176 Å². The highest BCUT2D eigenvalue weighted by molar-refractivity contribution is 6.21. The zero-order chi connectivity index (χ0) is 19.7. The molecule has 2 aromatic rings. The number of nitrogens with one attached hydrogen (secondary N) is 1. The number of fused-ring (bicyclic) bond motifs is 1. The fourth-order valence-electron chi connectivity index (χ4n) is 3.95. The summed E-state index contributed by atoms with van der Waals surface area (Å²) in [6.07, 6.45) is 2.05. The standard InChI is InChI=1S/C22H23N3O3.ClH/c1-23-17-8-5-11-24(14-17)20(26)16-7-4-6-15(12-16)13-25-21(27)18-9-2-3-10-19(18)22(25)28;/h2-4,6-7,9-10,12,17,23H,5,8,11,13-14H2,1H3;1H. The Morgan fingerprint density at radius 3 is 2.41 bits per heavy atom. The number of halogens is 1. The summed E-state index contributed by atoms with van der Waals surface area (Å²) in [6, 6.07) is 14.4. The number of likely N-dealkylation sites (tertiary alicyclic amines) is 1. The Bertz CT molecular complexity index is 911. The van der Waals surface area contributed by atoms with Crippen LogP contribution >= 0.6 is 12.4 Å². The van der Waals surface area contributed by atoms with Crippen LogP contribution in [0.4, 0.5) is 0 Å². The average Bonchev–Trinajstić information content (AvgIpc) is 2.98. The highest BCUT2D eigenvalue weighted by Gasteiger charge is 2.35. The Hall–Kier alpha value is -2.70. The number of piperidine rings is 1. The minimum absolute atomic E-state index is 0. The van der Waals surface area contributed by atoms with E-state index < -0.39 is 0 Å². The van der Waals surface area contributed by atoms with Crippen molar-refractivity contribution in [3.63, 3.8) is 0 Å². The monoisotopic (exact) mass is 413 g/mol. The van der Waals surface area contributed by atoms with Gasteiger partial charge in [-0.15, -0.1) is 12.4 Å². The first-order valence-corrected chi connectivity index (χ1v) is 9.59. The highest BCUT2D eigenvalue weighted by atomic mass is 35.5. The maximum absolute atomic E-state index is 12.9. The Morgan fingerprint density at radius 1 is 1.07 bits per heavy atom. The van der Waals surface area contributed by atoms with Crippen LogP contribution in [0.3, 0.4) is 0 Å². The van der Waals surface area contributed by atoms with Crippen LogP contribution in [0.5, 0.6) is 0 Å². The van der Waals surface area contributed by atoms with Gasteiger partial charge in [0.15, 0.2) is 0 Å². The number of nitrogens with zero attached hydrogens (tertiary/aromatic N) is 2. The van der Waals surface area contributed by atoms with Gasteiger partial charge in [-0.3, -0.25) is 19.3 Å². The minimum Gasteiger partial charge on any atom is -0.337 e. The van der Waals surface area contributed by atoms with Gasteiger partial charge >= 0.3 is 0 Å². The lowest BCUT2D eigenvalue weighted by molar-refractivity contribution is 0.0642. The molecular weight excluding hydrogens is 390 g/mol. The first-order chi connectivity index (χ1) is 13.6. The number of carbonyl (C=O) groups excluding carboxylic acids is 3. The van der Waals surface area contributed by atoms with Crippen molar-refractivity contribution in [1.82, 2.24) is 15.1 Å². The van der Waals surface area contributed by atoms with Crippen LogP contribution in [0.2, 0.25) is 0 Å². The molecule has 2 aromatic carbocycles. The molecule has 0 spiro atoms. The molecule has 0 bridgehead atoms. The van der Waals surface area contributed by atoms with Gasteiger partial charge in [0.1, 0.15) is 0 Å². The fraction of sp³-hybridized carbons (Fsp3) is 0.318. The van der Waals surface area contributed by atoms with Crippen LogP contribution < -0.4 is 5.32 Å². The summed E-state index contributed by atoms with van der Waals surface area (Å²) in [7, 11) is 1.92. The van der Waals surface area contributed by atoms with Crippen molar-refractivity contribution < 1.29 is 14.4 Å². The van der Waals surface area contributed by atoms with Gasteiger partial charge in [-0.1, -0.05) is 24.3 Å². The van der Waals surface area contributed by atoms with Gasteiger partial charge in [-0.25, -0.2) is 0 Å². The molecule has 2 aliphatic heterocycles. The van der Waals surface area contributed by atoms with Gasteiger partial charge in [-0.05, 0) is 49.7 Å². The van der Waals surface area contributed by atoms with Gasteiger partial charge in [0.2, 0.25) is 0 Å². The third-order valence-electron chi connectivity index (χ3n) is 5.51. The lowest BCUT2D eigenvalue weighted by Crippen LogP contribution is -2.47. The molecule has 2 aliphatic rings. The molecule has 3 amide bonds. The number of hydrogen-bond donors (Lipinski definition) is 1. The van der Waals surface area contributed by atoms with Crippen molar-refractivity contribution in [2.75, 3.05) is 20.1 Å². The van der Waals surface area contributed by atoms with E-state index in [0.717, 1.165) is 24.9 Å². The molecule has 152 valence electrons. The molecule has 1 saturated heterocycles. The quantitative estimate of drug-likeness (QED) is 0.782. The predicted octanol–water partition coefficient (Wildman–Crippen LogP) is 2.73. The van der Waals surface area contributed by atoms with E-state index in [4.69, 9.17) is 0 Å². The van der Waals surface area contributed by atoms with E-state index in [9.17, 15) is 14.4 Å². The largest absolute Gasteiger partial charge is 0.337 e. The number of rotatable bonds is 4. The molecule has 0 radical (unpaired) electrons. The molecule has 0 aliphatic carbocycles. The first-order valence-electron chi connectivity index (χ1n) is 9.59. The number of imide groups is 1. The van der Waals surface area contributed by atoms with Gasteiger partial charge in [0.05, 0.1) is 17.7 Å². The molecule has 1 N–H and O–H groups in total. The zero-order valence-electron chi connectivity index (χ0n) is 16.3. The fourth-order valence-corrected chi connectivity index (χ4v) is 3.95. The third-order valence-corrected chi connectivity index (χ3v) is 5.51. The second-order valence-corrected chi connectivity index (χ2v) is 7.32. The van der Waals surface area contributed by atoms with Crippen LogP contribution in [0.15, 0.2) is 48.5 Å². The molecular formula is C22H24ClN3O3. The molecule has 2 heterocycles. The van der Waals surface area contributed by atoms with E-state index in [0.29, 0.717) is 29.3 Å². The minimum atomic E-state index is -0.287. The lowest BCUT2D eigenvalue weighted by Gasteiger charge is -2.32. The van der Waals surface area contributed by atoms with E-state index in [1.54, 1.807) is 42.5 Å². The van der Waals surface area contributed by atoms with Gasteiger partial charge in [-0.2, -0.15) is 0 Å². The van der Waals surface area contributed by atoms with Crippen LogP contribution in [-0.4, -0.2) is 53.7 Å². The summed E-state index contributed by atoms with van der Waals surface area (Å²) in [4.78, 5) is 41.2. The van der Waals surface area contributed by atoms with Crippen molar-refractivity contribution in [2.45, 2.75) is 25.4 Å². The van der Waals surface area contributed by atoms with Crippen LogP contribution in [-0.2, 0) is 6.54 Å². The van der Waals surface area contributed by atoms with Gasteiger partial charge in [0, 0.05) is 24.7 Å². The van der Waals surface area contributed by atoms with Crippen LogP contribution in [0, 0.1) is 0 Å². The zero-order valence-corrected chi connectivity index (χ0v) is 17.1. The molecule has 0 aromatic heterocycles. The topological polar surface area (TPSA) is 69.7 Å². The SMILES string of the molecule is CNC1CCCN(C(=O)c2cccc(CN3C(=O)c4ccccc4C3=O)c2)C1.Cl. The molecule has 1 atom stereocenters. The molecule has 7 heteroatoms. The molecule has 1 fully saturated rings. The normalized spacial score (nSPS) is 18.4. The highest BCUT2D eigenvalue weighted by Crippen LogP contribution is 2.24. The third kappa shape index (κ3) is 4.04. The number of carbonyl (C=O) groups is 3. The summed E-state index contributed by atoms with van der Waals surface area (Å²) < 4.78 is 0. The maximum atomic E-state index is 12.9. The number of benzene rings is 2. The molecule has 1 unspecified atom stereocenters. The summed E-state index contributed by atoms with van der Waals surface area (Å²) in [5.74, 6) is -0.584. The predicted molar refractivity (Wildman–Crippen MR) is 112 cm³/mol. The van der Waals surface area contributed by atoms with Gasteiger partial charge in [0.25, 0.3) is 17.7 Å². The van der Waals surface area contributed by atoms with Crippen molar-refractivity contribution in [3.05, 3.63) is 70.8 Å². The van der Waals surface area contributed by atoms with E-state index >= 15 is 0 Å². The second-order valence-electron chi connectivity index (χ2n) is 7.32. The summed E-state index contributed by atoms with van der Waals surface area (Å²) in [5, 5.41) is 3.24. The van der Waals surface area contributed by atoms with Crippen molar-refractivity contribution in [2.24, 2.45) is 0 Å². The number of hydrogen-bond acceptors (Lipinski definition) is 4.